The van der Waals surface area contributed by atoms with Gasteiger partial charge in [-0.15, -0.1) is 0 Å². The average molecular weight is 853 g/mol. The second-order valence-corrected chi connectivity index (χ2v) is 15.1. The van der Waals surface area contributed by atoms with Crippen LogP contribution in [0.5, 0.6) is 0 Å². The van der Waals surface area contributed by atoms with Crippen LogP contribution in [0.1, 0.15) is 142 Å². The van der Waals surface area contributed by atoms with Crippen LogP contribution in [0.2, 0.25) is 0 Å². The summed E-state index contributed by atoms with van der Waals surface area (Å²) in [7, 11) is 0. The van der Waals surface area contributed by atoms with Gasteiger partial charge in [0.05, 0.1) is 13.2 Å². The van der Waals surface area contributed by atoms with Gasteiger partial charge in [-0.2, -0.15) is 0 Å². The number of allylic oxidation sites excluding steroid dienone is 18. The lowest BCUT2D eigenvalue weighted by atomic mass is 9.99. The van der Waals surface area contributed by atoms with E-state index in [2.05, 4.69) is 105 Å². The molecule has 0 aliphatic carbocycles. The highest BCUT2D eigenvalue weighted by molar-refractivity contribution is 5.70. The molecule has 0 saturated carbocycles. The zero-order chi connectivity index (χ0) is 44.4. The van der Waals surface area contributed by atoms with Crippen molar-refractivity contribution in [1.82, 2.24) is 0 Å². The first-order chi connectivity index (χ1) is 29.8. The van der Waals surface area contributed by atoms with Crippen LogP contribution < -0.4 is 0 Å². The van der Waals surface area contributed by atoms with Gasteiger partial charge in [-0.05, 0) is 83.5 Å². The van der Waals surface area contributed by atoms with E-state index in [1.165, 1.54) is 38.5 Å². The Hall–Kier alpha value is -3.64. The van der Waals surface area contributed by atoms with Gasteiger partial charge >= 0.3 is 11.9 Å². The van der Waals surface area contributed by atoms with Crippen molar-refractivity contribution in [2.24, 2.45) is 0 Å². The molecule has 6 atom stereocenters. The fourth-order valence-corrected chi connectivity index (χ4v) is 6.05. The summed E-state index contributed by atoms with van der Waals surface area (Å²) in [6.45, 7) is 3.15. The fraction of sp³-hybridized carbons (Fsp3) is 0.608. The van der Waals surface area contributed by atoms with Gasteiger partial charge in [-0.3, -0.25) is 9.59 Å². The molecule has 0 radical (unpaired) electrons. The number of carbonyl (C=O) groups excluding carboxylic acids is 2. The van der Waals surface area contributed by atoms with Crippen LogP contribution in [-0.2, 0) is 28.5 Å². The molecule has 0 spiro atoms. The van der Waals surface area contributed by atoms with E-state index in [0.717, 1.165) is 57.8 Å². The van der Waals surface area contributed by atoms with Gasteiger partial charge in [0.25, 0.3) is 0 Å². The highest BCUT2D eigenvalue weighted by Gasteiger charge is 2.44. The summed E-state index contributed by atoms with van der Waals surface area (Å²) in [6.07, 6.45) is 48.3. The maximum atomic E-state index is 12.8. The Balaban J connectivity index is 2.43. The van der Waals surface area contributed by atoms with E-state index in [1.807, 2.05) is 18.2 Å². The first-order valence-electron chi connectivity index (χ1n) is 23.0. The summed E-state index contributed by atoms with van der Waals surface area (Å²) in [5.41, 5.74) is 0. The van der Waals surface area contributed by atoms with Crippen molar-refractivity contribution in [2.75, 3.05) is 19.8 Å². The van der Waals surface area contributed by atoms with E-state index < -0.39 is 55.4 Å². The van der Waals surface area contributed by atoms with Gasteiger partial charge in [0.2, 0.25) is 0 Å². The molecule has 1 aliphatic heterocycles. The number of ether oxygens (including phenoxy) is 4. The number of hydrogen-bond donors (Lipinski definition) is 4. The van der Waals surface area contributed by atoms with Crippen molar-refractivity contribution in [2.45, 2.75) is 179 Å². The van der Waals surface area contributed by atoms with Crippen molar-refractivity contribution >= 4 is 11.9 Å². The second kappa shape index (κ2) is 40.4. The number of aliphatic hydroxyl groups excluding tert-OH is 4. The summed E-state index contributed by atoms with van der Waals surface area (Å²) in [5, 5.41) is 40.1. The summed E-state index contributed by atoms with van der Waals surface area (Å²) < 4.78 is 22.0. The molecule has 10 nitrogen and oxygen atoms in total. The van der Waals surface area contributed by atoms with Crippen LogP contribution in [0.4, 0.5) is 0 Å². The molecule has 0 aromatic carbocycles. The van der Waals surface area contributed by atoms with Crippen molar-refractivity contribution in [3.63, 3.8) is 0 Å². The first kappa shape index (κ1) is 55.4. The van der Waals surface area contributed by atoms with E-state index in [1.54, 1.807) is 0 Å². The molecule has 61 heavy (non-hydrogen) atoms. The summed E-state index contributed by atoms with van der Waals surface area (Å²) in [4.78, 5) is 25.3. The molecule has 0 amide bonds. The Morgan fingerprint density at radius 3 is 1.52 bits per heavy atom. The fourth-order valence-electron chi connectivity index (χ4n) is 6.05. The lowest BCUT2D eigenvalue weighted by molar-refractivity contribution is -0.305. The van der Waals surface area contributed by atoms with E-state index in [4.69, 9.17) is 18.9 Å². The third kappa shape index (κ3) is 31.8. The Kier molecular flexibility index (Phi) is 36.7. The van der Waals surface area contributed by atoms with Crippen molar-refractivity contribution in [3.05, 3.63) is 109 Å². The largest absolute Gasteiger partial charge is 0.462 e. The first-order valence-corrected chi connectivity index (χ1v) is 23.0. The minimum Gasteiger partial charge on any atom is -0.462 e. The summed E-state index contributed by atoms with van der Waals surface area (Å²) in [6, 6.07) is 0. The molecule has 1 saturated heterocycles. The maximum absolute atomic E-state index is 12.8. The van der Waals surface area contributed by atoms with Gasteiger partial charge in [0.15, 0.2) is 12.4 Å². The molecule has 1 heterocycles. The summed E-state index contributed by atoms with van der Waals surface area (Å²) >= 11 is 0. The highest BCUT2D eigenvalue weighted by atomic mass is 16.7. The lowest BCUT2D eigenvalue weighted by Gasteiger charge is -2.39. The van der Waals surface area contributed by atoms with Crippen LogP contribution in [0.15, 0.2) is 109 Å². The van der Waals surface area contributed by atoms with E-state index in [9.17, 15) is 30.0 Å². The van der Waals surface area contributed by atoms with Crippen LogP contribution in [0.3, 0.4) is 0 Å². The van der Waals surface area contributed by atoms with Crippen molar-refractivity contribution < 1.29 is 49.0 Å². The average Bonchev–Trinajstić information content (AvgIpc) is 3.26. The normalized spacial score (nSPS) is 20.8. The minimum atomic E-state index is -1.62. The smallest absolute Gasteiger partial charge is 0.306 e. The third-order valence-electron chi connectivity index (χ3n) is 9.66. The van der Waals surface area contributed by atoms with Gasteiger partial charge in [-0.25, -0.2) is 0 Å². The Morgan fingerprint density at radius 1 is 0.525 bits per heavy atom. The van der Waals surface area contributed by atoms with E-state index in [0.29, 0.717) is 19.3 Å². The van der Waals surface area contributed by atoms with Crippen molar-refractivity contribution in [3.8, 4) is 0 Å². The van der Waals surface area contributed by atoms with Crippen LogP contribution in [0.25, 0.3) is 0 Å². The lowest BCUT2D eigenvalue weighted by Crippen LogP contribution is -2.59. The number of unbranched alkanes of at least 4 members (excludes halogenated alkanes) is 7. The second-order valence-electron chi connectivity index (χ2n) is 15.1. The zero-order valence-electron chi connectivity index (χ0n) is 37.4. The topological polar surface area (TPSA) is 152 Å². The number of esters is 2. The SMILES string of the molecule is CC/C=C/C/C=C/C/C=C/C/C=C/C/C=C/C/C=C/CCC(=O)OC[C@@H](CO[C@H]1O[C@@H](CO)[C@@H](O)C(O)C1O)OC(=O)CCC/C=C/C/C=C/C/C=C/CCCCCCCC. The monoisotopic (exact) mass is 853 g/mol. The number of hydrogen-bond acceptors (Lipinski definition) is 10. The predicted octanol–water partition coefficient (Wildman–Crippen LogP) is 10.1. The van der Waals surface area contributed by atoms with E-state index >= 15 is 0 Å². The van der Waals surface area contributed by atoms with Crippen LogP contribution in [0, 0.1) is 0 Å². The van der Waals surface area contributed by atoms with Crippen LogP contribution in [-0.4, -0.2) is 89.0 Å². The molecule has 1 rings (SSSR count). The Bertz CT molecular complexity index is 1350. The van der Waals surface area contributed by atoms with Gasteiger partial charge in [-0.1, -0.05) is 155 Å². The van der Waals surface area contributed by atoms with E-state index in [-0.39, 0.29) is 26.1 Å². The Morgan fingerprint density at radius 2 is 1.00 bits per heavy atom. The summed E-state index contributed by atoms with van der Waals surface area (Å²) in [5.74, 6) is -0.978. The molecular weight excluding hydrogens is 773 g/mol. The molecule has 0 aromatic rings. The maximum Gasteiger partial charge on any atom is 0.306 e. The van der Waals surface area contributed by atoms with Gasteiger partial charge in [0.1, 0.15) is 31.0 Å². The minimum absolute atomic E-state index is 0.133. The molecule has 10 heteroatoms. The molecule has 0 bridgehead atoms. The predicted molar refractivity (Wildman–Crippen MR) is 247 cm³/mol. The number of carbonyl (C=O) groups is 2. The standard InChI is InChI=1S/C51H80O10/c1-3-5-7-9-11-13-15-17-19-21-22-24-25-27-29-31-33-35-37-39-46(53)58-42-44(43-59-51-50(57)49(56)48(55)45(41-52)61-51)60-47(54)40-38-36-34-32-30-28-26-23-20-18-16-14-12-10-8-6-4-2/h5,7,11,13,17-20,22,24,26-29,32-35,44-45,48-52,55-57H,3-4,6,8-10,12,14-16,21,23,25,30-31,36-43H2,1-2H3/b7-5+,13-11+,19-17+,20-18+,24-22+,28-26+,29-27+,34-32+,35-33+/t44-,45-,48+,49?,50?,51-/m0/s1. The van der Waals surface area contributed by atoms with Gasteiger partial charge in [0, 0.05) is 12.8 Å². The van der Waals surface area contributed by atoms with Crippen LogP contribution >= 0.6 is 0 Å². The third-order valence-corrected chi connectivity index (χ3v) is 9.66. The zero-order valence-corrected chi connectivity index (χ0v) is 37.4. The molecule has 0 aromatic heterocycles. The molecule has 4 N–H and O–H groups in total. The molecular formula is C51H80O10. The number of rotatable bonds is 36. The molecule has 344 valence electrons. The highest BCUT2D eigenvalue weighted by Crippen LogP contribution is 2.22. The number of aliphatic hydroxyl groups is 4. The molecule has 1 fully saturated rings. The molecule has 2 unspecified atom stereocenters. The van der Waals surface area contributed by atoms with Crippen molar-refractivity contribution in [1.29, 1.82) is 0 Å². The van der Waals surface area contributed by atoms with Gasteiger partial charge < -0.3 is 39.4 Å². The molecule has 1 aliphatic rings. The Labute approximate surface area is 368 Å². The quantitative estimate of drug-likeness (QED) is 0.0272.